The fourth-order valence-electron chi connectivity index (χ4n) is 0. The van der Waals surface area contributed by atoms with Crippen molar-refractivity contribution < 1.29 is 0 Å². The molecule has 5 heavy (non-hydrogen) atoms. The van der Waals surface area contributed by atoms with Gasteiger partial charge in [-0.05, 0) is 0 Å². The minimum absolute atomic E-state index is 0. The van der Waals surface area contributed by atoms with E-state index in [2.05, 4.69) is 0 Å². The van der Waals surface area contributed by atoms with Gasteiger partial charge in [0.15, 0.2) is 0 Å². The first-order valence-corrected chi connectivity index (χ1v) is 1.00. The van der Waals surface area contributed by atoms with E-state index in [-0.39, 0.29) is 17.6 Å². The van der Waals surface area contributed by atoms with Crippen molar-refractivity contribution in [3.63, 3.8) is 0 Å². The van der Waals surface area contributed by atoms with Crippen molar-refractivity contribution in [3.05, 3.63) is 11.5 Å². The van der Waals surface area contributed by atoms with Gasteiger partial charge in [0.1, 0.15) is 0 Å². The zero-order chi connectivity index (χ0) is 4.00. The first-order chi connectivity index (χ1) is 2.00. The van der Waals surface area contributed by atoms with Gasteiger partial charge in [-0.2, -0.15) is 14.1 Å². The Hall–Kier alpha value is 0.463. The van der Waals surface area contributed by atoms with Gasteiger partial charge in [0.2, 0.25) is 0 Å². The van der Waals surface area contributed by atoms with E-state index in [4.69, 9.17) is 11.5 Å². The average molecular weight is 135 g/mol. The van der Waals surface area contributed by atoms with Crippen molar-refractivity contribution in [3.8, 4) is 0 Å². The molecule has 0 aliphatic carbocycles. The molecule has 2 nitrogen and oxygen atoms in total. The summed E-state index contributed by atoms with van der Waals surface area (Å²) in [4.78, 5) is 0. The van der Waals surface area contributed by atoms with Gasteiger partial charge in [-0.15, -0.1) is 0 Å². The van der Waals surface area contributed by atoms with Crippen molar-refractivity contribution in [1.82, 2.24) is 0 Å². The Morgan fingerprint density at radius 3 is 0.800 bits per heavy atom. The fraction of sp³-hybridized carbons (Fsp3) is 1.00. The van der Waals surface area contributed by atoms with E-state index in [0.717, 1.165) is 0 Å². The fourth-order valence-corrected chi connectivity index (χ4v) is 0. The molecule has 0 unspecified atom stereocenters. The predicted molar refractivity (Wildman–Crippen MR) is 29.0 cm³/mol. The Morgan fingerprint density at radius 1 is 0.800 bits per heavy atom. The second-order valence-electron chi connectivity index (χ2n) is 0. The van der Waals surface area contributed by atoms with Gasteiger partial charge >= 0.3 is 17.6 Å². The Labute approximate surface area is 43.9 Å². The van der Waals surface area contributed by atoms with Crippen molar-refractivity contribution in [2.45, 2.75) is 0 Å². The molecule has 0 atom stereocenters. The van der Waals surface area contributed by atoms with Gasteiger partial charge in [-0.3, -0.25) is 0 Å². The third-order valence-electron chi connectivity index (χ3n) is 0. The molecular weight excluding hydrogens is 125 g/mol. The Balaban J connectivity index is -0.0000000133. The number of hydrogen-bond acceptors (Lipinski definition) is 0. The molecule has 0 radical (unpaired) electrons. The first-order valence-electron chi connectivity index (χ1n) is 1.00. The van der Waals surface area contributed by atoms with Crippen LogP contribution in [0.4, 0.5) is 0 Å². The average Bonchev–Trinajstić information content (AvgIpc) is 1.50. The molecule has 3 heteroatoms. The number of rotatable bonds is 0. The van der Waals surface area contributed by atoms with Gasteiger partial charge in [0.25, 0.3) is 0 Å². The van der Waals surface area contributed by atoms with Crippen LogP contribution in [-0.4, -0.2) is 31.7 Å². The molecule has 2 N–H and O–H groups in total. The molecule has 0 bridgehead atoms. The SMILES string of the molecule is C[NH-].C[NH-].[GeH2+2]. The maximum absolute atomic E-state index is 5.75. The summed E-state index contributed by atoms with van der Waals surface area (Å²) >= 11 is 0. The van der Waals surface area contributed by atoms with E-state index < -0.39 is 0 Å². The molecule has 0 aromatic heterocycles. The van der Waals surface area contributed by atoms with Gasteiger partial charge in [-0.1, -0.05) is 0 Å². The summed E-state index contributed by atoms with van der Waals surface area (Å²) in [6.07, 6.45) is 0. The summed E-state index contributed by atoms with van der Waals surface area (Å²) in [5.41, 5.74) is 11.5. The van der Waals surface area contributed by atoms with Crippen LogP contribution >= 0.6 is 0 Å². The molecule has 32 valence electrons. The van der Waals surface area contributed by atoms with Crippen LogP contribution in [0.3, 0.4) is 0 Å². The second kappa shape index (κ2) is 250. The summed E-state index contributed by atoms with van der Waals surface area (Å²) in [6.45, 7) is 0. The molecule has 0 aromatic carbocycles. The molecule has 0 aliphatic heterocycles. The van der Waals surface area contributed by atoms with Gasteiger partial charge in [0.05, 0.1) is 0 Å². The van der Waals surface area contributed by atoms with Crippen LogP contribution in [0.15, 0.2) is 0 Å². The first kappa shape index (κ1) is 17.9. The van der Waals surface area contributed by atoms with E-state index in [0.29, 0.717) is 0 Å². The van der Waals surface area contributed by atoms with E-state index in [1.807, 2.05) is 0 Å². The zero-order valence-electron chi connectivity index (χ0n) is 3.71. The Bertz CT molecular complexity index is 7.61. The minimum atomic E-state index is 0. The molecule has 0 amide bonds. The van der Waals surface area contributed by atoms with Gasteiger partial charge < -0.3 is 11.5 Å². The van der Waals surface area contributed by atoms with Crippen LogP contribution in [0, 0.1) is 0 Å². The van der Waals surface area contributed by atoms with Crippen LogP contribution in [0.2, 0.25) is 0 Å². The molecule has 0 rings (SSSR count). The summed E-state index contributed by atoms with van der Waals surface area (Å²) in [5, 5.41) is 0. The number of nitrogens with one attached hydrogen (secondary N) is 2. The Morgan fingerprint density at radius 2 is 0.800 bits per heavy atom. The van der Waals surface area contributed by atoms with E-state index >= 15 is 0 Å². The van der Waals surface area contributed by atoms with Gasteiger partial charge in [0, 0.05) is 0 Å². The summed E-state index contributed by atoms with van der Waals surface area (Å²) in [5.74, 6) is 0. The third kappa shape index (κ3) is 126. The van der Waals surface area contributed by atoms with Crippen LogP contribution in [-0.2, 0) is 0 Å². The molecule has 0 aliphatic rings. The normalized spacial score (nSPS) is 2.40. The molecule has 0 aromatic rings. The second-order valence-corrected chi connectivity index (χ2v) is 0. The molecule has 0 saturated heterocycles. The molecule has 0 saturated carbocycles. The van der Waals surface area contributed by atoms with E-state index in [1.54, 1.807) is 0 Å². The van der Waals surface area contributed by atoms with Crippen LogP contribution in [0.5, 0.6) is 0 Å². The zero-order valence-corrected chi connectivity index (χ0v) is 6.67. The van der Waals surface area contributed by atoms with Crippen molar-refractivity contribution in [2.24, 2.45) is 0 Å². The maximum atomic E-state index is 5.75. The van der Waals surface area contributed by atoms with Crippen LogP contribution < -0.4 is 0 Å². The van der Waals surface area contributed by atoms with E-state index in [1.165, 1.54) is 14.1 Å². The molecule has 0 spiro atoms. The van der Waals surface area contributed by atoms with Gasteiger partial charge in [-0.25, -0.2) is 0 Å². The Kier molecular flexibility index (Phi) is 896. The van der Waals surface area contributed by atoms with Crippen LogP contribution in [0.25, 0.3) is 11.5 Å². The van der Waals surface area contributed by atoms with Crippen LogP contribution in [0.1, 0.15) is 0 Å². The molecule has 0 fully saturated rings. The van der Waals surface area contributed by atoms with Crippen molar-refractivity contribution >= 4 is 17.6 Å². The molecular formula is C2H10GeN2. The van der Waals surface area contributed by atoms with E-state index in [9.17, 15) is 0 Å². The molecule has 0 heterocycles. The quantitative estimate of drug-likeness (QED) is 0.432. The van der Waals surface area contributed by atoms with Crippen molar-refractivity contribution in [1.29, 1.82) is 0 Å². The predicted octanol–water partition coefficient (Wildman–Crippen LogP) is 0.421. The topological polar surface area (TPSA) is 47.6 Å². The third-order valence-corrected chi connectivity index (χ3v) is 0. The number of hydrogen-bond donors (Lipinski definition) is 0. The van der Waals surface area contributed by atoms with Crippen molar-refractivity contribution in [2.75, 3.05) is 14.1 Å². The summed E-state index contributed by atoms with van der Waals surface area (Å²) in [7, 11) is 2.50. The summed E-state index contributed by atoms with van der Waals surface area (Å²) in [6, 6.07) is 0. The standard InChI is InChI=1S/2CH4N.GeH2/c2*1-2;/h2*2H,1H3;1H2/q2*-1;+2. The summed E-state index contributed by atoms with van der Waals surface area (Å²) < 4.78 is 0. The monoisotopic (exact) mass is 136 g/mol.